The van der Waals surface area contributed by atoms with Crippen molar-refractivity contribution >= 4 is 49.3 Å². The number of benzene rings is 2. The smallest absolute Gasteiger partial charge is 0.261 e. The van der Waals surface area contributed by atoms with Crippen LogP contribution >= 0.6 is 15.9 Å². The summed E-state index contributed by atoms with van der Waals surface area (Å²) in [5.41, 5.74) is 1.35. The van der Waals surface area contributed by atoms with E-state index < -0.39 is 11.7 Å². The van der Waals surface area contributed by atoms with Crippen LogP contribution in [0.1, 0.15) is 10.4 Å². The average Bonchev–Trinajstić information content (AvgIpc) is 3.16. The molecule has 0 fully saturated rings. The minimum absolute atomic E-state index is 0.254. The second-order valence-corrected chi connectivity index (χ2v) is 7.01. The summed E-state index contributed by atoms with van der Waals surface area (Å²) in [6.07, 6.45) is 3.49. The van der Waals surface area contributed by atoms with Crippen molar-refractivity contribution in [1.29, 1.82) is 0 Å². The van der Waals surface area contributed by atoms with Crippen LogP contribution in [0, 0.1) is 5.82 Å². The highest BCUT2D eigenvalue weighted by Gasteiger charge is 2.22. The number of amides is 1. The van der Waals surface area contributed by atoms with Gasteiger partial charge in [-0.15, -0.1) is 0 Å². The maximum Gasteiger partial charge on any atom is 0.261 e. The SMILES string of the molecule is COc1cc(Br)c2cn(C)nc2c1C(=O)Nc1cc(F)c2nn(C)cc2c1. The molecule has 0 aliphatic rings. The Morgan fingerprint density at radius 3 is 2.59 bits per heavy atom. The summed E-state index contributed by atoms with van der Waals surface area (Å²) < 4.78 is 23.6. The molecule has 1 amide bonds. The van der Waals surface area contributed by atoms with E-state index in [1.54, 1.807) is 43.3 Å². The zero-order valence-electron chi connectivity index (χ0n) is 14.7. The van der Waals surface area contributed by atoms with E-state index in [4.69, 9.17) is 4.74 Å². The fraction of sp³-hybridized carbons (Fsp3) is 0.167. The fourth-order valence-electron chi connectivity index (χ4n) is 3.09. The molecule has 0 atom stereocenters. The zero-order chi connectivity index (χ0) is 19.3. The molecular weight excluding hydrogens is 417 g/mol. The van der Waals surface area contributed by atoms with Crippen LogP contribution < -0.4 is 10.1 Å². The molecule has 0 aliphatic heterocycles. The Bertz CT molecular complexity index is 1210. The van der Waals surface area contributed by atoms with Crippen LogP contribution in [0.2, 0.25) is 0 Å². The second-order valence-electron chi connectivity index (χ2n) is 6.15. The third kappa shape index (κ3) is 2.93. The summed E-state index contributed by atoms with van der Waals surface area (Å²) in [5.74, 6) is -0.576. The van der Waals surface area contributed by atoms with Gasteiger partial charge >= 0.3 is 0 Å². The Balaban J connectivity index is 1.80. The van der Waals surface area contributed by atoms with Gasteiger partial charge in [0.15, 0.2) is 5.82 Å². The molecule has 7 nitrogen and oxygen atoms in total. The van der Waals surface area contributed by atoms with Crippen LogP contribution in [0.15, 0.2) is 35.1 Å². The third-order valence-corrected chi connectivity index (χ3v) is 4.86. The fourth-order valence-corrected chi connectivity index (χ4v) is 3.59. The van der Waals surface area contributed by atoms with Crippen LogP contribution in [-0.4, -0.2) is 32.6 Å². The molecule has 0 unspecified atom stereocenters. The van der Waals surface area contributed by atoms with Gasteiger partial charge in [0.2, 0.25) is 0 Å². The minimum atomic E-state index is -0.505. The lowest BCUT2D eigenvalue weighted by molar-refractivity contribution is 0.102. The van der Waals surface area contributed by atoms with Crippen molar-refractivity contribution < 1.29 is 13.9 Å². The molecule has 27 heavy (non-hydrogen) atoms. The molecule has 0 saturated heterocycles. The third-order valence-electron chi connectivity index (χ3n) is 4.21. The summed E-state index contributed by atoms with van der Waals surface area (Å²) in [6, 6.07) is 4.63. The number of carbonyl (C=O) groups is 1. The van der Waals surface area contributed by atoms with E-state index >= 15 is 0 Å². The van der Waals surface area contributed by atoms with Gasteiger partial charge in [0.1, 0.15) is 22.3 Å². The first kappa shape index (κ1) is 17.5. The Morgan fingerprint density at radius 2 is 1.85 bits per heavy atom. The first-order chi connectivity index (χ1) is 12.9. The maximum atomic E-state index is 14.3. The number of ether oxygens (including phenoxy) is 1. The molecule has 9 heteroatoms. The highest BCUT2D eigenvalue weighted by atomic mass is 79.9. The largest absolute Gasteiger partial charge is 0.496 e. The number of aromatic nitrogens is 4. The number of nitrogens with one attached hydrogen (secondary N) is 1. The molecule has 4 rings (SSSR count). The van der Waals surface area contributed by atoms with Crippen molar-refractivity contribution in [3.63, 3.8) is 0 Å². The highest BCUT2D eigenvalue weighted by Crippen LogP contribution is 2.34. The van der Waals surface area contributed by atoms with Crippen LogP contribution in [0.3, 0.4) is 0 Å². The number of methoxy groups -OCH3 is 1. The molecule has 138 valence electrons. The highest BCUT2D eigenvalue weighted by molar-refractivity contribution is 9.10. The van der Waals surface area contributed by atoms with Gasteiger partial charge in [-0.25, -0.2) is 4.39 Å². The van der Waals surface area contributed by atoms with Crippen molar-refractivity contribution in [2.24, 2.45) is 14.1 Å². The van der Waals surface area contributed by atoms with E-state index in [0.717, 1.165) is 9.86 Å². The number of anilines is 1. The Morgan fingerprint density at radius 1 is 1.15 bits per heavy atom. The molecule has 1 N–H and O–H groups in total. The summed E-state index contributed by atoms with van der Waals surface area (Å²) in [4.78, 5) is 13.0. The number of fused-ring (bicyclic) bond motifs is 2. The number of aryl methyl sites for hydroxylation is 2. The zero-order valence-corrected chi connectivity index (χ0v) is 16.3. The van der Waals surface area contributed by atoms with Gasteiger partial charge in [-0.1, -0.05) is 0 Å². The molecule has 2 aromatic heterocycles. The molecule has 2 aromatic carbocycles. The predicted octanol–water partition coefficient (Wildman–Crippen LogP) is 3.62. The number of halogens is 2. The van der Waals surface area contributed by atoms with Gasteiger partial charge in [0.05, 0.1) is 7.11 Å². The number of rotatable bonds is 3. The molecule has 2 heterocycles. The maximum absolute atomic E-state index is 14.3. The molecule has 0 radical (unpaired) electrons. The van der Waals surface area contributed by atoms with Gasteiger partial charge in [0, 0.05) is 47.4 Å². The molecule has 0 spiro atoms. The molecule has 0 bridgehead atoms. The lowest BCUT2D eigenvalue weighted by atomic mass is 10.1. The van der Waals surface area contributed by atoms with Gasteiger partial charge in [-0.05, 0) is 34.1 Å². The quantitative estimate of drug-likeness (QED) is 0.537. The summed E-state index contributed by atoms with van der Waals surface area (Å²) in [6.45, 7) is 0. The first-order valence-corrected chi connectivity index (χ1v) is 8.80. The van der Waals surface area contributed by atoms with Crippen molar-refractivity contribution in [3.8, 4) is 5.75 Å². The second kappa shape index (κ2) is 6.34. The van der Waals surface area contributed by atoms with Gasteiger partial charge in [0.25, 0.3) is 5.91 Å². The first-order valence-electron chi connectivity index (χ1n) is 8.01. The van der Waals surface area contributed by atoms with E-state index in [0.29, 0.717) is 22.3 Å². The number of hydrogen-bond acceptors (Lipinski definition) is 4. The Kier molecular flexibility index (Phi) is 4.11. The van der Waals surface area contributed by atoms with Gasteiger partial charge in [-0.3, -0.25) is 14.2 Å². The molecule has 4 aromatic rings. The Hall–Kier alpha value is -2.94. The van der Waals surface area contributed by atoms with E-state index in [1.807, 2.05) is 0 Å². The van der Waals surface area contributed by atoms with E-state index in [9.17, 15) is 9.18 Å². The van der Waals surface area contributed by atoms with Crippen LogP contribution in [0.25, 0.3) is 21.8 Å². The van der Waals surface area contributed by atoms with Crippen LogP contribution in [0.4, 0.5) is 10.1 Å². The number of nitrogens with zero attached hydrogens (tertiary/aromatic N) is 4. The Labute approximate surface area is 161 Å². The van der Waals surface area contributed by atoms with Gasteiger partial charge < -0.3 is 10.1 Å². The standard InChI is InChI=1S/C18H15BrFN5O2/c1-24-7-9-4-10(5-13(20)16(9)22-24)21-18(26)15-14(27-3)6-12(19)11-8-25(2)23-17(11)15/h4-8H,1-3H3,(H,21,26). The normalized spacial score (nSPS) is 11.3. The van der Waals surface area contributed by atoms with Crippen LogP contribution in [0.5, 0.6) is 5.75 Å². The van der Waals surface area contributed by atoms with E-state index in [1.165, 1.54) is 17.9 Å². The number of hydrogen-bond donors (Lipinski definition) is 1. The molecule has 0 aliphatic carbocycles. The lowest BCUT2D eigenvalue weighted by Crippen LogP contribution is -2.14. The summed E-state index contributed by atoms with van der Waals surface area (Å²) >= 11 is 3.47. The van der Waals surface area contributed by atoms with Crippen molar-refractivity contribution in [1.82, 2.24) is 19.6 Å². The van der Waals surface area contributed by atoms with E-state index in [-0.39, 0.29) is 11.1 Å². The predicted molar refractivity (Wildman–Crippen MR) is 104 cm³/mol. The topological polar surface area (TPSA) is 74.0 Å². The summed E-state index contributed by atoms with van der Waals surface area (Å²) in [7, 11) is 4.96. The molecular formula is C18H15BrFN5O2. The van der Waals surface area contributed by atoms with Gasteiger partial charge in [-0.2, -0.15) is 10.2 Å². The molecule has 0 saturated carbocycles. The average molecular weight is 432 g/mol. The van der Waals surface area contributed by atoms with Crippen molar-refractivity contribution in [3.05, 3.63) is 46.4 Å². The summed E-state index contributed by atoms with van der Waals surface area (Å²) in [5, 5.41) is 12.5. The minimum Gasteiger partial charge on any atom is -0.496 e. The monoisotopic (exact) mass is 431 g/mol. The van der Waals surface area contributed by atoms with Crippen LogP contribution in [-0.2, 0) is 14.1 Å². The number of carbonyl (C=O) groups excluding carboxylic acids is 1. The van der Waals surface area contributed by atoms with E-state index in [2.05, 4.69) is 31.4 Å². The van der Waals surface area contributed by atoms with Crippen molar-refractivity contribution in [2.75, 3.05) is 12.4 Å². The lowest BCUT2D eigenvalue weighted by Gasteiger charge is -2.11. The van der Waals surface area contributed by atoms with Crippen molar-refractivity contribution in [2.45, 2.75) is 0 Å².